The summed E-state index contributed by atoms with van der Waals surface area (Å²) in [4.78, 5) is 12.5. The second-order valence-electron chi connectivity index (χ2n) is 11.3. The van der Waals surface area contributed by atoms with Crippen LogP contribution >= 0.6 is 0 Å². The Balaban J connectivity index is 4.11. The molecule has 1 amide bonds. The highest BCUT2D eigenvalue weighted by molar-refractivity contribution is 5.88. The van der Waals surface area contributed by atoms with Gasteiger partial charge in [-0.2, -0.15) is 0 Å². The molecule has 2 N–H and O–H groups in total. The van der Waals surface area contributed by atoms with Gasteiger partial charge in [-0.3, -0.25) is 4.79 Å². The number of unbranched alkanes of at least 4 members (excludes halogenated alkanes) is 11. The fourth-order valence-corrected chi connectivity index (χ4v) is 4.47. The number of nitrogens with one attached hydrogen (secondary N) is 1. The van der Waals surface area contributed by atoms with E-state index in [1.807, 2.05) is 6.92 Å². The molecule has 0 unspecified atom stereocenters. The van der Waals surface area contributed by atoms with E-state index >= 15 is 0 Å². The second-order valence-corrected chi connectivity index (χ2v) is 11.3. The molecule has 0 aliphatic rings. The number of hydrogen-bond donors (Lipinski definition) is 2. The van der Waals surface area contributed by atoms with E-state index in [-0.39, 0.29) is 24.5 Å². The maximum Gasteiger partial charge on any atom is 0.244 e. The molecule has 0 aromatic heterocycles. The second kappa shape index (κ2) is 24.7. The molecule has 0 saturated heterocycles. The first-order valence-corrected chi connectivity index (χ1v) is 15.3. The standard InChI is InChI=1S/C34H61NO2/c1-7-8-9-10-11-12-13-14-15-16-17-18-19-26-32(6)33(28-36)35-34(37)27-31(5)25-21-24-30(4)23-20-22-29(2)3/h19,22,24,26-27,32-33,36H,7-18,20-21,23,25,28H2,1-6H3,(H,35,37)/b26-19+,30-24+,31-27+/t32-,33+/m1/s1. The first-order valence-electron chi connectivity index (χ1n) is 15.3. The molecule has 0 bridgehead atoms. The van der Waals surface area contributed by atoms with E-state index in [2.05, 4.69) is 64.2 Å². The Morgan fingerprint density at radius 1 is 0.757 bits per heavy atom. The topological polar surface area (TPSA) is 49.3 Å². The Morgan fingerprint density at radius 2 is 1.30 bits per heavy atom. The van der Waals surface area contributed by atoms with Gasteiger partial charge in [-0.15, -0.1) is 0 Å². The van der Waals surface area contributed by atoms with Gasteiger partial charge in [0.2, 0.25) is 5.91 Å². The van der Waals surface area contributed by atoms with Crippen LogP contribution in [0.25, 0.3) is 0 Å². The zero-order valence-electron chi connectivity index (χ0n) is 25.4. The molecule has 0 aliphatic carbocycles. The van der Waals surface area contributed by atoms with Crippen LogP contribution in [-0.4, -0.2) is 23.7 Å². The molecule has 0 spiro atoms. The highest BCUT2D eigenvalue weighted by Crippen LogP contribution is 2.14. The van der Waals surface area contributed by atoms with Crippen molar-refractivity contribution >= 4 is 5.91 Å². The van der Waals surface area contributed by atoms with Crippen molar-refractivity contribution < 1.29 is 9.90 Å². The molecule has 0 rings (SSSR count). The maximum absolute atomic E-state index is 12.5. The maximum atomic E-state index is 12.5. The summed E-state index contributed by atoms with van der Waals surface area (Å²) < 4.78 is 0. The minimum atomic E-state index is -0.248. The molecule has 0 radical (unpaired) electrons. The van der Waals surface area contributed by atoms with Crippen LogP contribution in [0.15, 0.2) is 47.1 Å². The van der Waals surface area contributed by atoms with Gasteiger partial charge in [0.1, 0.15) is 0 Å². The number of carbonyl (C=O) groups excluding carboxylic acids is 1. The quantitative estimate of drug-likeness (QED) is 0.0808. The number of aliphatic hydroxyl groups is 1. The van der Waals surface area contributed by atoms with Crippen molar-refractivity contribution in [1.82, 2.24) is 5.32 Å². The van der Waals surface area contributed by atoms with Crippen molar-refractivity contribution in [2.24, 2.45) is 5.92 Å². The average Bonchev–Trinajstić information content (AvgIpc) is 2.84. The molecule has 0 fully saturated rings. The Bertz CT molecular complexity index is 682. The molecule has 0 aliphatic heterocycles. The van der Waals surface area contributed by atoms with Crippen molar-refractivity contribution in [2.75, 3.05) is 6.61 Å². The number of allylic oxidation sites excluding steroid dienone is 6. The van der Waals surface area contributed by atoms with Crippen LogP contribution in [-0.2, 0) is 4.79 Å². The number of rotatable bonds is 23. The van der Waals surface area contributed by atoms with E-state index < -0.39 is 0 Å². The molecule has 214 valence electrons. The van der Waals surface area contributed by atoms with Crippen LogP contribution in [0.2, 0.25) is 0 Å². The van der Waals surface area contributed by atoms with E-state index in [0.717, 1.165) is 37.7 Å². The van der Waals surface area contributed by atoms with Gasteiger partial charge in [0.05, 0.1) is 12.6 Å². The van der Waals surface area contributed by atoms with E-state index in [0.29, 0.717) is 0 Å². The van der Waals surface area contributed by atoms with Crippen molar-refractivity contribution in [3.05, 3.63) is 47.1 Å². The first-order chi connectivity index (χ1) is 17.8. The molecule has 37 heavy (non-hydrogen) atoms. The third-order valence-corrected chi connectivity index (χ3v) is 7.07. The van der Waals surface area contributed by atoms with E-state index in [9.17, 15) is 9.90 Å². The van der Waals surface area contributed by atoms with Crippen LogP contribution < -0.4 is 5.32 Å². The molecular formula is C34H61NO2. The third kappa shape index (κ3) is 23.3. The van der Waals surface area contributed by atoms with Gasteiger partial charge >= 0.3 is 0 Å². The van der Waals surface area contributed by atoms with Gasteiger partial charge in [-0.1, -0.05) is 119 Å². The van der Waals surface area contributed by atoms with Crippen molar-refractivity contribution in [3.63, 3.8) is 0 Å². The summed E-state index contributed by atoms with van der Waals surface area (Å²) >= 11 is 0. The predicted molar refractivity (Wildman–Crippen MR) is 164 cm³/mol. The smallest absolute Gasteiger partial charge is 0.244 e. The molecule has 2 atom stereocenters. The van der Waals surface area contributed by atoms with Crippen LogP contribution in [0.5, 0.6) is 0 Å². The van der Waals surface area contributed by atoms with Crippen LogP contribution in [0, 0.1) is 5.92 Å². The lowest BCUT2D eigenvalue weighted by molar-refractivity contribution is -0.117. The SMILES string of the molecule is CCCCCCCCCCCCC/C=C/[C@@H](C)[C@H](CO)NC(=O)/C=C(\C)CC/C=C(\C)CCC=C(C)C. The summed E-state index contributed by atoms with van der Waals surface area (Å²) in [5.74, 6) is 0.00757. The lowest BCUT2D eigenvalue weighted by Gasteiger charge is -2.20. The Labute approximate surface area is 231 Å². The highest BCUT2D eigenvalue weighted by atomic mass is 16.3. The molecule has 0 saturated carbocycles. The molecule has 3 nitrogen and oxygen atoms in total. The fraction of sp³-hybridized carbons (Fsp3) is 0.735. The Kier molecular flexibility index (Phi) is 23.6. The lowest BCUT2D eigenvalue weighted by atomic mass is 10.0. The Morgan fingerprint density at radius 3 is 1.86 bits per heavy atom. The highest BCUT2D eigenvalue weighted by Gasteiger charge is 2.15. The normalized spacial score (nSPS) is 14.1. The summed E-state index contributed by atoms with van der Waals surface area (Å²) in [5, 5.41) is 12.8. The summed E-state index contributed by atoms with van der Waals surface area (Å²) in [7, 11) is 0. The van der Waals surface area contributed by atoms with Crippen molar-refractivity contribution in [2.45, 2.75) is 150 Å². The zero-order valence-corrected chi connectivity index (χ0v) is 25.4. The van der Waals surface area contributed by atoms with Gasteiger partial charge in [-0.25, -0.2) is 0 Å². The molecule has 3 heteroatoms. The molecule has 0 heterocycles. The average molecular weight is 516 g/mol. The third-order valence-electron chi connectivity index (χ3n) is 7.07. The monoisotopic (exact) mass is 515 g/mol. The van der Waals surface area contributed by atoms with E-state index in [1.54, 1.807) is 6.08 Å². The first kappa shape index (κ1) is 35.4. The largest absolute Gasteiger partial charge is 0.394 e. The summed E-state index contributed by atoms with van der Waals surface area (Å²) in [6, 6.07) is -0.248. The molecule has 0 aromatic rings. The van der Waals surface area contributed by atoms with Gasteiger partial charge in [-0.05, 0) is 72.1 Å². The predicted octanol–water partition coefficient (Wildman–Crippen LogP) is 9.78. The Hall–Kier alpha value is -1.61. The van der Waals surface area contributed by atoms with Crippen LogP contribution in [0.1, 0.15) is 144 Å². The fourth-order valence-electron chi connectivity index (χ4n) is 4.47. The molecule has 0 aromatic carbocycles. The van der Waals surface area contributed by atoms with Gasteiger partial charge < -0.3 is 10.4 Å². The van der Waals surface area contributed by atoms with Gasteiger partial charge in [0.25, 0.3) is 0 Å². The van der Waals surface area contributed by atoms with E-state index in [1.165, 1.54) is 81.8 Å². The summed E-state index contributed by atoms with van der Waals surface area (Å²) in [6.45, 7) is 12.8. The minimum absolute atomic E-state index is 0.0454. The summed E-state index contributed by atoms with van der Waals surface area (Å²) in [5.41, 5.74) is 3.85. The minimum Gasteiger partial charge on any atom is -0.394 e. The van der Waals surface area contributed by atoms with Gasteiger partial charge in [0, 0.05) is 6.08 Å². The van der Waals surface area contributed by atoms with Gasteiger partial charge in [0.15, 0.2) is 0 Å². The summed E-state index contributed by atoms with van der Waals surface area (Å²) in [6.07, 6.45) is 30.7. The van der Waals surface area contributed by atoms with Crippen molar-refractivity contribution in [3.8, 4) is 0 Å². The van der Waals surface area contributed by atoms with Crippen LogP contribution in [0.4, 0.5) is 0 Å². The number of amides is 1. The number of carbonyl (C=O) groups is 1. The number of hydrogen-bond acceptors (Lipinski definition) is 2. The van der Waals surface area contributed by atoms with E-state index in [4.69, 9.17) is 0 Å². The zero-order chi connectivity index (χ0) is 27.7. The van der Waals surface area contributed by atoms with Crippen LogP contribution in [0.3, 0.4) is 0 Å². The number of aliphatic hydroxyl groups excluding tert-OH is 1. The van der Waals surface area contributed by atoms with Crippen molar-refractivity contribution in [1.29, 1.82) is 0 Å². The lowest BCUT2D eigenvalue weighted by Crippen LogP contribution is -2.40. The molecular weight excluding hydrogens is 454 g/mol.